The van der Waals surface area contributed by atoms with Crippen LogP contribution in [0.1, 0.15) is 23.6 Å². The summed E-state index contributed by atoms with van der Waals surface area (Å²) in [5, 5.41) is 9.00. The molecule has 15 heavy (non-hydrogen) atoms. The van der Waals surface area contributed by atoms with Gasteiger partial charge in [-0.25, -0.2) is 0 Å². The Labute approximate surface area is 90.8 Å². The van der Waals surface area contributed by atoms with Crippen molar-refractivity contribution in [2.45, 2.75) is 20.8 Å². The zero-order chi connectivity index (χ0) is 11.4. The van der Waals surface area contributed by atoms with Crippen LogP contribution in [0.15, 0.2) is 24.3 Å². The lowest BCUT2D eigenvalue weighted by Gasteiger charge is -2.10. The average Bonchev–Trinajstić information content (AvgIpc) is 2.13. The van der Waals surface area contributed by atoms with E-state index >= 15 is 0 Å². The summed E-state index contributed by atoms with van der Waals surface area (Å²) in [4.78, 5) is 0. The molecule has 0 heterocycles. The first-order valence-electron chi connectivity index (χ1n) is 4.83. The summed E-state index contributed by atoms with van der Waals surface area (Å²) in [5.74, 6) is 0.651. The van der Waals surface area contributed by atoms with E-state index < -0.39 is 0 Å². The second kappa shape index (κ2) is 4.65. The lowest BCUT2D eigenvalue weighted by atomic mass is 10.1. The van der Waals surface area contributed by atoms with E-state index in [-0.39, 0.29) is 0 Å². The van der Waals surface area contributed by atoms with E-state index in [4.69, 9.17) is 10.00 Å². The quantitative estimate of drug-likeness (QED) is 0.704. The Hall–Kier alpha value is -1.75. The van der Waals surface area contributed by atoms with Crippen LogP contribution in [-0.2, 0) is 0 Å². The average molecular weight is 201 g/mol. The van der Waals surface area contributed by atoms with Crippen LogP contribution in [0.25, 0.3) is 0 Å². The largest absolute Gasteiger partial charge is 0.488 e. The molecule has 78 valence electrons. The summed E-state index contributed by atoms with van der Waals surface area (Å²) < 4.78 is 5.53. The van der Waals surface area contributed by atoms with Crippen LogP contribution in [0.4, 0.5) is 0 Å². The summed E-state index contributed by atoms with van der Waals surface area (Å²) in [7, 11) is 0. The van der Waals surface area contributed by atoms with Crippen LogP contribution in [0.3, 0.4) is 0 Å². The molecule has 0 unspecified atom stereocenters. The van der Waals surface area contributed by atoms with Crippen molar-refractivity contribution in [2.75, 3.05) is 6.61 Å². The van der Waals surface area contributed by atoms with Gasteiger partial charge >= 0.3 is 0 Å². The molecule has 0 N–H and O–H groups in total. The first kappa shape index (κ1) is 11.3. The summed E-state index contributed by atoms with van der Waals surface area (Å²) in [6.45, 7) is 10.0. The number of benzene rings is 1. The van der Waals surface area contributed by atoms with E-state index in [1.807, 2.05) is 32.9 Å². The van der Waals surface area contributed by atoms with E-state index in [1.165, 1.54) is 0 Å². The Morgan fingerprint density at radius 3 is 2.67 bits per heavy atom. The van der Waals surface area contributed by atoms with Crippen molar-refractivity contribution in [2.24, 2.45) is 0 Å². The molecule has 0 fully saturated rings. The Balaban J connectivity index is 3.05. The zero-order valence-electron chi connectivity index (χ0n) is 9.42. The normalized spacial score (nSPS) is 9.47. The number of hydrogen-bond acceptors (Lipinski definition) is 2. The Morgan fingerprint density at radius 1 is 1.47 bits per heavy atom. The van der Waals surface area contributed by atoms with Crippen molar-refractivity contribution in [3.8, 4) is 11.8 Å². The highest BCUT2D eigenvalue weighted by Crippen LogP contribution is 2.23. The van der Waals surface area contributed by atoms with Crippen molar-refractivity contribution in [1.82, 2.24) is 0 Å². The smallest absolute Gasteiger partial charge is 0.138 e. The minimum atomic E-state index is 0.456. The van der Waals surface area contributed by atoms with Crippen LogP contribution in [0, 0.1) is 25.2 Å². The number of ether oxygens (including phenoxy) is 1. The van der Waals surface area contributed by atoms with Gasteiger partial charge in [0.1, 0.15) is 18.4 Å². The van der Waals surface area contributed by atoms with Crippen LogP contribution in [-0.4, -0.2) is 6.61 Å². The second-order valence-electron chi connectivity index (χ2n) is 3.81. The maximum Gasteiger partial charge on any atom is 0.138 e. The third-order valence-electron chi connectivity index (χ3n) is 2.03. The number of nitrogens with zero attached hydrogens (tertiary/aromatic N) is 1. The van der Waals surface area contributed by atoms with Crippen molar-refractivity contribution in [3.63, 3.8) is 0 Å². The van der Waals surface area contributed by atoms with E-state index in [9.17, 15) is 0 Å². The predicted octanol–water partition coefficient (Wildman–Crippen LogP) is 3.13. The van der Waals surface area contributed by atoms with Gasteiger partial charge in [0.2, 0.25) is 0 Å². The maximum atomic E-state index is 9.00. The van der Waals surface area contributed by atoms with E-state index in [1.54, 1.807) is 0 Å². The third kappa shape index (κ3) is 2.85. The molecule has 0 spiro atoms. The topological polar surface area (TPSA) is 33.0 Å². The molecule has 0 bridgehead atoms. The molecule has 1 aromatic carbocycles. The van der Waals surface area contributed by atoms with Gasteiger partial charge in [0.05, 0.1) is 5.56 Å². The molecule has 0 aliphatic rings. The molecule has 0 saturated heterocycles. The van der Waals surface area contributed by atoms with Crippen molar-refractivity contribution in [1.29, 1.82) is 5.26 Å². The number of aryl methyl sites for hydroxylation is 2. The van der Waals surface area contributed by atoms with Gasteiger partial charge in [-0.2, -0.15) is 5.26 Å². The minimum Gasteiger partial charge on any atom is -0.488 e. The zero-order valence-corrected chi connectivity index (χ0v) is 9.42. The van der Waals surface area contributed by atoms with Gasteiger partial charge < -0.3 is 4.74 Å². The fourth-order valence-electron chi connectivity index (χ4n) is 1.39. The van der Waals surface area contributed by atoms with Crippen LogP contribution in [0.5, 0.6) is 5.75 Å². The standard InChI is InChI=1S/C13H15NO/c1-9(2)8-15-13-6-10(3)5-11(4)12(13)7-14/h5-6H,1,8H2,2-4H3. The molecule has 0 amide bonds. The predicted molar refractivity (Wildman–Crippen MR) is 60.9 cm³/mol. The van der Waals surface area contributed by atoms with Crippen molar-refractivity contribution < 1.29 is 4.74 Å². The Kier molecular flexibility index (Phi) is 3.51. The first-order valence-corrected chi connectivity index (χ1v) is 4.83. The highest BCUT2D eigenvalue weighted by Gasteiger charge is 2.07. The van der Waals surface area contributed by atoms with Crippen LogP contribution >= 0.6 is 0 Å². The molecule has 1 rings (SSSR count). The van der Waals surface area contributed by atoms with Gasteiger partial charge in [0.15, 0.2) is 0 Å². The summed E-state index contributed by atoms with van der Waals surface area (Å²) in [6.07, 6.45) is 0. The molecular formula is C13H15NO. The maximum absolute atomic E-state index is 9.00. The summed E-state index contributed by atoms with van der Waals surface area (Å²) in [6, 6.07) is 6.02. The SMILES string of the molecule is C=C(C)COc1cc(C)cc(C)c1C#N. The number of rotatable bonds is 3. The molecule has 0 aliphatic heterocycles. The second-order valence-corrected chi connectivity index (χ2v) is 3.81. The molecule has 0 aliphatic carbocycles. The third-order valence-corrected chi connectivity index (χ3v) is 2.03. The lowest BCUT2D eigenvalue weighted by Crippen LogP contribution is -2.01. The monoisotopic (exact) mass is 201 g/mol. The van der Waals surface area contributed by atoms with Gasteiger partial charge in [-0.15, -0.1) is 0 Å². The molecular weight excluding hydrogens is 186 g/mol. The minimum absolute atomic E-state index is 0.456. The first-order chi connectivity index (χ1) is 7.04. The van der Waals surface area contributed by atoms with Crippen LogP contribution in [0.2, 0.25) is 0 Å². The fraction of sp³-hybridized carbons (Fsp3) is 0.308. The summed E-state index contributed by atoms with van der Waals surface area (Å²) in [5.41, 5.74) is 3.61. The van der Waals surface area contributed by atoms with E-state index in [0.29, 0.717) is 17.9 Å². The summed E-state index contributed by atoms with van der Waals surface area (Å²) >= 11 is 0. The van der Waals surface area contributed by atoms with Gasteiger partial charge in [0, 0.05) is 0 Å². The molecule has 0 radical (unpaired) electrons. The van der Waals surface area contributed by atoms with E-state index in [0.717, 1.165) is 16.7 Å². The molecule has 2 nitrogen and oxygen atoms in total. The van der Waals surface area contributed by atoms with Gasteiger partial charge in [-0.1, -0.05) is 12.6 Å². The lowest BCUT2D eigenvalue weighted by molar-refractivity contribution is 0.351. The number of nitriles is 1. The van der Waals surface area contributed by atoms with Gasteiger partial charge in [-0.05, 0) is 43.5 Å². The van der Waals surface area contributed by atoms with Crippen molar-refractivity contribution in [3.05, 3.63) is 41.0 Å². The molecule has 0 saturated carbocycles. The molecule has 2 heteroatoms. The number of hydrogen-bond donors (Lipinski definition) is 0. The van der Waals surface area contributed by atoms with Crippen molar-refractivity contribution >= 4 is 0 Å². The van der Waals surface area contributed by atoms with Crippen LogP contribution < -0.4 is 4.74 Å². The highest BCUT2D eigenvalue weighted by molar-refractivity contribution is 5.50. The molecule has 1 aromatic rings. The Morgan fingerprint density at radius 2 is 2.13 bits per heavy atom. The van der Waals surface area contributed by atoms with Gasteiger partial charge in [-0.3, -0.25) is 0 Å². The highest BCUT2D eigenvalue weighted by atomic mass is 16.5. The van der Waals surface area contributed by atoms with E-state index in [2.05, 4.69) is 12.6 Å². The van der Waals surface area contributed by atoms with Gasteiger partial charge in [0.25, 0.3) is 0 Å². The molecule has 0 aromatic heterocycles. The Bertz CT molecular complexity index is 427. The fourth-order valence-corrected chi connectivity index (χ4v) is 1.39. The molecule has 0 atom stereocenters.